The molecule has 2 N–H and O–H groups in total. The summed E-state index contributed by atoms with van der Waals surface area (Å²) in [5.41, 5.74) is 1.96. The number of pyridine rings is 1. The van der Waals surface area contributed by atoms with Crippen molar-refractivity contribution in [1.29, 1.82) is 0 Å². The van der Waals surface area contributed by atoms with Crippen LogP contribution in [0, 0.1) is 0 Å². The largest absolute Gasteiger partial charge is 0.353 e. The zero-order valence-electron chi connectivity index (χ0n) is 18.5. The first kappa shape index (κ1) is 21.7. The van der Waals surface area contributed by atoms with Crippen LogP contribution < -0.4 is 15.5 Å². The molecule has 4 rings (SSSR count). The number of carbonyl (C=O) groups excluding carboxylic acids is 1. The maximum Gasteiger partial charge on any atom is 0.251 e. The Balaban J connectivity index is 1.30. The van der Waals surface area contributed by atoms with Gasteiger partial charge in [0.05, 0.1) is 0 Å². The molecule has 0 unspecified atom stereocenters. The Bertz CT molecular complexity index is 837. The standard InChI is InChI=1S/C24H34N6O/c1-2-28-14-16-29(17-15-28)12-10-27-24(31)21-8-9-26-23(18-21)30-13-11-25-22(19-30)20-6-4-3-5-7-20/h3-9,18,22,25H,2,10-17,19H2,1H3,(H,27,31)/t22-/m0/s1. The smallest absolute Gasteiger partial charge is 0.251 e. The summed E-state index contributed by atoms with van der Waals surface area (Å²) >= 11 is 0. The Kier molecular flexibility index (Phi) is 7.51. The molecule has 1 aromatic heterocycles. The molecule has 0 bridgehead atoms. The van der Waals surface area contributed by atoms with Gasteiger partial charge in [0, 0.05) is 76.7 Å². The van der Waals surface area contributed by atoms with Crippen molar-refractivity contribution >= 4 is 11.7 Å². The normalized spacial score (nSPS) is 20.5. The van der Waals surface area contributed by atoms with Gasteiger partial charge < -0.3 is 20.4 Å². The van der Waals surface area contributed by atoms with Crippen LogP contribution in [0.15, 0.2) is 48.7 Å². The summed E-state index contributed by atoms with van der Waals surface area (Å²) < 4.78 is 0. The van der Waals surface area contributed by atoms with Crippen molar-refractivity contribution in [2.75, 3.05) is 70.3 Å². The van der Waals surface area contributed by atoms with Gasteiger partial charge in [-0.1, -0.05) is 37.3 Å². The van der Waals surface area contributed by atoms with E-state index in [1.807, 2.05) is 12.1 Å². The molecule has 0 aliphatic carbocycles. The maximum absolute atomic E-state index is 12.7. The van der Waals surface area contributed by atoms with E-state index in [1.54, 1.807) is 12.3 Å². The predicted molar refractivity (Wildman–Crippen MR) is 125 cm³/mol. The minimum absolute atomic E-state index is 0.0226. The van der Waals surface area contributed by atoms with E-state index in [0.29, 0.717) is 12.1 Å². The molecule has 2 fully saturated rings. The molecule has 7 heteroatoms. The topological polar surface area (TPSA) is 63.7 Å². The number of carbonyl (C=O) groups is 1. The van der Waals surface area contributed by atoms with E-state index in [1.165, 1.54) is 5.56 Å². The van der Waals surface area contributed by atoms with Gasteiger partial charge in [0.2, 0.25) is 0 Å². The number of likely N-dealkylation sites (N-methyl/N-ethyl adjacent to an activating group) is 1. The van der Waals surface area contributed by atoms with E-state index in [4.69, 9.17) is 0 Å². The summed E-state index contributed by atoms with van der Waals surface area (Å²) in [6.45, 7) is 11.9. The molecule has 166 valence electrons. The third-order valence-corrected chi connectivity index (χ3v) is 6.33. The Labute approximate surface area is 185 Å². The van der Waals surface area contributed by atoms with Gasteiger partial charge in [0.1, 0.15) is 5.82 Å². The van der Waals surface area contributed by atoms with Crippen LogP contribution in [0.4, 0.5) is 5.82 Å². The van der Waals surface area contributed by atoms with Crippen molar-refractivity contribution in [2.24, 2.45) is 0 Å². The molecule has 0 radical (unpaired) electrons. The lowest BCUT2D eigenvalue weighted by molar-refractivity contribution is 0.0937. The van der Waals surface area contributed by atoms with Crippen LogP contribution in [0.5, 0.6) is 0 Å². The fraction of sp³-hybridized carbons (Fsp3) is 0.500. The van der Waals surface area contributed by atoms with Gasteiger partial charge in [-0.15, -0.1) is 0 Å². The predicted octanol–water partition coefficient (Wildman–Crippen LogP) is 1.60. The zero-order chi connectivity index (χ0) is 21.5. The van der Waals surface area contributed by atoms with Crippen molar-refractivity contribution < 1.29 is 4.79 Å². The quantitative estimate of drug-likeness (QED) is 0.707. The second kappa shape index (κ2) is 10.7. The molecule has 2 aliphatic heterocycles. The molecular formula is C24H34N6O. The number of aromatic nitrogens is 1. The fourth-order valence-corrected chi connectivity index (χ4v) is 4.36. The molecule has 31 heavy (non-hydrogen) atoms. The highest BCUT2D eigenvalue weighted by Gasteiger charge is 2.22. The molecule has 2 aromatic rings. The number of nitrogens with one attached hydrogen (secondary N) is 2. The lowest BCUT2D eigenvalue weighted by Crippen LogP contribution is -2.48. The van der Waals surface area contributed by atoms with Crippen LogP contribution in [0.25, 0.3) is 0 Å². The summed E-state index contributed by atoms with van der Waals surface area (Å²) in [7, 11) is 0. The van der Waals surface area contributed by atoms with Gasteiger partial charge in [-0.05, 0) is 24.2 Å². The van der Waals surface area contributed by atoms with Crippen LogP contribution in [-0.4, -0.2) is 86.1 Å². The minimum atomic E-state index is -0.0226. The van der Waals surface area contributed by atoms with E-state index >= 15 is 0 Å². The summed E-state index contributed by atoms with van der Waals surface area (Å²) in [5.74, 6) is 0.844. The lowest BCUT2D eigenvalue weighted by atomic mass is 10.0. The SMILES string of the molecule is CCN1CCN(CCNC(=O)c2ccnc(N3CCN[C@H](c4ccccc4)C3)c2)CC1. The third-order valence-electron chi connectivity index (χ3n) is 6.33. The first-order chi connectivity index (χ1) is 15.2. The Morgan fingerprint density at radius 1 is 1.10 bits per heavy atom. The average Bonchev–Trinajstić information content (AvgIpc) is 2.85. The highest BCUT2D eigenvalue weighted by atomic mass is 16.1. The van der Waals surface area contributed by atoms with Gasteiger partial charge in [-0.2, -0.15) is 0 Å². The van der Waals surface area contributed by atoms with Crippen LogP contribution in [0.1, 0.15) is 28.9 Å². The van der Waals surface area contributed by atoms with E-state index in [9.17, 15) is 4.79 Å². The Morgan fingerprint density at radius 2 is 1.87 bits per heavy atom. The number of rotatable bonds is 7. The highest BCUT2D eigenvalue weighted by Crippen LogP contribution is 2.21. The molecule has 2 saturated heterocycles. The molecule has 1 atom stereocenters. The summed E-state index contributed by atoms with van der Waals surface area (Å²) in [5, 5.41) is 6.66. The lowest BCUT2D eigenvalue weighted by Gasteiger charge is -2.35. The number of anilines is 1. The first-order valence-corrected chi connectivity index (χ1v) is 11.4. The van der Waals surface area contributed by atoms with Crippen LogP contribution in [0.3, 0.4) is 0 Å². The maximum atomic E-state index is 12.7. The van der Waals surface area contributed by atoms with Crippen LogP contribution in [0.2, 0.25) is 0 Å². The number of amides is 1. The molecule has 1 aromatic carbocycles. The Hall–Kier alpha value is -2.48. The molecule has 1 amide bonds. The molecule has 0 spiro atoms. The van der Waals surface area contributed by atoms with Crippen molar-refractivity contribution in [1.82, 2.24) is 25.4 Å². The monoisotopic (exact) mass is 422 g/mol. The van der Waals surface area contributed by atoms with Crippen molar-refractivity contribution in [3.05, 3.63) is 59.8 Å². The number of nitrogens with zero attached hydrogens (tertiary/aromatic N) is 4. The Morgan fingerprint density at radius 3 is 2.65 bits per heavy atom. The van der Waals surface area contributed by atoms with Crippen molar-refractivity contribution in [2.45, 2.75) is 13.0 Å². The van der Waals surface area contributed by atoms with E-state index in [0.717, 1.165) is 64.7 Å². The van der Waals surface area contributed by atoms with E-state index < -0.39 is 0 Å². The second-order valence-electron chi connectivity index (χ2n) is 8.30. The van der Waals surface area contributed by atoms with Gasteiger partial charge >= 0.3 is 0 Å². The average molecular weight is 423 g/mol. The fourth-order valence-electron chi connectivity index (χ4n) is 4.36. The summed E-state index contributed by atoms with van der Waals surface area (Å²) in [4.78, 5) is 24.4. The van der Waals surface area contributed by atoms with Crippen LogP contribution in [-0.2, 0) is 0 Å². The molecule has 7 nitrogen and oxygen atoms in total. The van der Waals surface area contributed by atoms with Crippen LogP contribution >= 0.6 is 0 Å². The molecule has 0 saturated carbocycles. The highest BCUT2D eigenvalue weighted by molar-refractivity contribution is 5.94. The molecule has 2 aliphatic rings. The van der Waals surface area contributed by atoms with Gasteiger partial charge in [-0.3, -0.25) is 9.69 Å². The van der Waals surface area contributed by atoms with E-state index in [-0.39, 0.29) is 11.9 Å². The number of hydrogen-bond acceptors (Lipinski definition) is 6. The number of piperazine rings is 2. The van der Waals surface area contributed by atoms with Gasteiger partial charge in [0.25, 0.3) is 5.91 Å². The molecular weight excluding hydrogens is 388 g/mol. The van der Waals surface area contributed by atoms with E-state index in [2.05, 4.69) is 61.5 Å². The summed E-state index contributed by atoms with van der Waals surface area (Å²) in [6.07, 6.45) is 1.74. The van der Waals surface area contributed by atoms with Gasteiger partial charge in [-0.25, -0.2) is 4.98 Å². The summed E-state index contributed by atoms with van der Waals surface area (Å²) in [6, 6.07) is 14.5. The number of hydrogen-bond donors (Lipinski definition) is 2. The van der Waals surface area contributed by atoms with Crippen molar-refractivity contribution in [3.8, 4) is 0 Å². The van der Waals surface area contributed by atoms with Gasteiger partial charge in [0.15, 0.2) is 0 Å². The number of benzene rings is 1. The molecule has 3 heterocycles. The second-order valence-corrected chi connectivity index (χ2v) is 8.30. The van der Waals surface area contributed by atoms with Crippen molar-refractivity contribution in [3.63, 3.8) is 0 Å². The third kappa shape index (κ3) is 5.81. The first-order valence-electron chi connectivity index (χ1n) is 11.4. The minimum Gasteiger partial charge on any atom is -0.353 e. The zero-order valence-corrected chi connectivity index (χ0v) is 18.5.